The van der Waals surface area contributed by atoms with E-state index >= 15 is 0 Å². The van der Waals surface area contributed by atoms with E-state index in [1.165, 1.54) is 11.1 Å². The normalized spacial score (nSPS) is 10.4. The molecule has 1 rings (SSSR count). The van der Waals surface area contributed by atoms with E-state index in [1.54, 1.807) is 0 Å². The number of rotatable bonds is 4. The lowest BCUT2D eigenvalue weighted by atomic mass is 10.1. The summed E-state index contributed by atoms with van der Waals surface area (Å²) in [5.74, 6) is 0. The third-order valence-electron chi connectivity index (χ3n) is 2.03. The van der Waals surface area contributed by atoms with Crippen LogP contribution in [0.4, 0.5) is 0 Å². The van der Waals surface area contributed by atoms with Crippen LogP contribution in [0, 0.1) is 6.92 Å². The van der Waals surface area contributed by atoms with Crippen LogP contribution in [0.2, 0.25) is 5.02 Å². The van der Waals surface area contributed by atoms with Crippen LogP contribution in [0.3, 0.4) is 0 Å². The van der Waals surface area contributed by atoms with Gasteiger partial charge in [0.25, 0.3) is 0 Å². The van der Waals surface area contributed by atoms with Gasteiger partial charge in [0.15, 0.2) is 0 Å². The van der Waals surface area contributed by atoms with E-state index in [4.69, 9.17) is 11.6 Å². The minimum atomic E-state index is 0.887. The maximum atomic E-state index is 6.08. The molecule has 72 valence electrons. The fourth-order valence-corrected chi connectivity index (χ4v) is 1.58. The number of aryl methyl sites for hydroxylation is 1. The van der Waals surface area contributed by atoms with Crippen molar-refractivity contribution in [3.8, 4) is 0 Å². The van der Waals surface area contributed by atoms with Gasteiger partial charge in [0.05, 0.1) is 0 Å². The molecule has 1 aromatic carbocycles. The topological polar surface area (TPSA) is 12.0 Å². The van der Waals surface area contributed by atoms with Gasteiger partial charge in [0, 0.05) is 5.02 Å². The molecule has 0 aliphatic carbocycles. The van der Waals surface area contributed by atoms with Crippen molar-refractivity contribution in [1.29, 1.82) is 0 Å². The van der Waals surface area contributed by atoms with Crippen LogP contribution in [0.25, 0.3) is 0 Å². The summed E-state index contributed by atoms with van der Waals surface area (Å²) in [7, 11) is 0. The van der Waals surface area contributed by atoms with Gasteiger partial charge in [0.1, 0.15) is 0 Å². The maximum Gasteiger partial charge on any atom is 0.0441 e. The van der Waals surface area contributed by atoms with Gasteiger partial charge in [0.2, 0.25) is 0 Å². The molecule has 0 aliphatic rings. The fraction of sp³-hybridized carbons (Fsp3) is 0.455. The first-order chi connectivity index (χ1) is 6.24. The first-order valence-electron chi connectivity index (χ1n) is 4.69. The molecule has 0 aromatic heterocycles. The number of nitrogens with one attached hydrogen (secondary N) is 1. The molecule has 0 amide bonds. The van der Waals surface area contributed by atoms with Gasteiger partial charge >= 0.3 is 0 Å². The van der Waals surface area contributed by atoms with Crippen molar-refractivity contribution in [2.45, 2.75) is 20.3 Å². The third-order valence-corrected chi connectivity index (χ3v) is 2.38. The predicted octanol–water partition coefficient (Wildman–Crippen LogP) is 2.80. The van der Waals surface area contributed by atoms with Crippen molar-refractivity contribution >= 4 is 11.6 Å². The van der Waals surface area contributed by atoms with Gasteiger partial charge in [-0.3, -0.25) is 0 Å². The lowest BCUT2D eigenvalue weighted by Gasteiger charge is -2.05. The fourth-order valence-electron chi connectivity index (χ4n) is 1.25. The lowest BCUT2D eigenvalue weighted by molar-refractivity contribution is 0.716. The summed E-state index contributed by atoms with van der Waals surface area (Å²) in [6, 6.07) is 6.23. The van der Waals surface area contributed by atoms with Crippen molar-refractivity contribution < 1.29 is 0 Å². The zero-order valence-corrected chi connectivity index (χ0v) is 8.99. The summed E-state index contributed by atoms with van der Waals surface area (Å²) < 4.78 is 0. The molecule has 0 spiro atoms. The Labute approximate surface area is 85.1 Å². The van der Waals surface area contributed by atoms with E-state index in [0.717, 1.165) is 24.5 Å². The number of likely N-dealkylation sites (N-methyl/N-ethyl adjacent to an activating group) is 1. The van der Waals surface area contributed by atoms with E-state index < -0.39 is 0 Å². The Morgan fingerprint density at radius 3 is 2.77 bits per heavy atom. The quantitative estimate of drug-likeness (QED) is 0.733. The highest BCUT2D eigenvalue weighted by atomic mass is 35.5. The standard InChI is InChI=1S/C11H16ClN/c1-3-13-7-6-10-5-4-9(2)8-11(10)12/h4-5,8,13H,3,6-7H2,1-2H3. The summed E-state index contributed by atoms with van der Waals surface area (Å²) in [5, 5.41) is 4.17. The molecule has 0 saturated heterocycles. The Morgan fingerprint density at radius 1 is 1.38 bits per heavy atom. The van der Waals surface area contributed by atoms with Crippen LogP contribution < -0.4 is 5.32 Å². The molecular formula is C11H16ClN. The van der Waals surface area contributed by atoms with Gasteiger partial charge in [-0.05, 0) is 43.6 Å². The molecule has 0 atom stereocenters. The van der Waals surface area contributed by atoms with Gasteiger partial charge < -0.3 is 5.32 Å². The van der Waals surface area contributed by atoms with E-state index in [2.05, 4.69) is 31.3 Å². The maximum absolute atomic E-state index is 6.08. The summed E-state index contributed by atoms with van der Waals surface area (Å²) in [6.07, 6.45) is 1.01. The van der Waals surface area contributed by atoms with Crippen LogP contribution in [0.15, 0.2) is 18.2 Å². The molecule has 0 radical (unpaired) electrons. The van der Waals surface area contributed by atoms with Crippen molar-refractivity contribution in [3.63, 3.8) is 0 Å². The minimum Gasteiger partial charge on any atom is -0.317 e. The molecule has 0 unspecified atom stereocenters. The molecule has 1 N–H and O–H groups in total. The second-order valence-corrected chi connectivity index (χ2v) is 3.61. The van der Waals surface area contributed by atoms with Crippen LogP contribution in [0.5, 0.6) is 0 Å². The van der Waals surface area contributed by atoms with Gasteiger partial charge in [-0.15, -0.1) is 0 Å². The van der Waals surface area contributed by atoms with Crippen molar-refractivity contribution in [3.05, 3.63) is 34.3 Å². The van der Waals surface area contributed by atoms with Crippen LogP contribution in [0.1, 0.15) is 18.1 Å². The Morgan fingerprint density at radius 2 is 2.15 bits per heavy atom. The second kappa shape index (κ2) is 5.25. The van der Waals surface area contributed by atoms with Gasteiger partial charge in [-0.25, -0.2) is 0 Å². The average molecular weight is 198 g/mol. The molecule has 13 heavy (non-hydrogen) atoms. The Kier molecular flexibility index (Phi) is 4.26. The van der Waals surface area contributed by atoms with Crippen molar-refractivity contribution in [1.82, 2.24) is 5.32 Å². The van der Waals surface area contributed by atoms with Crippen LogP contribution in [-0.4, -0.2) is 13.1 Å². The van der Waals surface area contributed by atoms with Crippen molar-refractivity contribution in [2.24, 2.45) is 0 Å². The molecule has 0 fully saturated rings. The van der Waals surface area contributed by atoms with Crippen LogP contribution in [-0.2, 0) is 6.42 Å². The largest absolute Gasteiger partial charge is 0.317 e. The van der Waals surface area contributed by atoms with Crippen molar-refractivity contribution in [2.75, 3.05) is 13.1 Å². The van der Waals surface area contributed by atoms with E-state index in [0.29, 0.717) is 0 Å². The minimum absolute atomic E-state index is 0.887. The molecule has 0 bridgehead atoms. The lowest BCUT2D eigenvalue weighted by Crippen LogP contribution is -2.16. The zero-order valence-electron chi connectivity index (χ0n) is 8.23. The van der Waals surface area contributed by atoms with E-state index in [1.807, 2.05) is 6.07 Å². The highest BCUT2D eigenvalue weighted by Gasteiger charge is 1.98. The molecule has 0 aliphatic heterocycles. The van der Waals surface area contributed by atoms with E-state index in [9.17, 15) is 0 Å². The Hall–Kier alpha value is -0.530. The highest BCUT2D eigenvalue weighted by Crippen LogP contribution is 2.17. The van der Waals surface area contributed by atoms with Gasteiger partial charge in [-0.1, -0.05) is 30.7 Å². The highest BCUT2D eigenvalue weighted by molar-refractivity contribution is 6.31. The smallest absolute Gasteiger partial charge is 0.0441 e. The Balaban J connectivity index is 2.56. The molecule has 0 heterocycles. The molecule has 1 aromatic rings. The SMILES string of the molecule is CCNCCc1ccc(C)cc1Cl. The monoisotopic (exact) mass is 197 g/mol. The first kappa shape index (κ1) is 10.6. The molecule has 1 nitrogen and oxygen atoms in total. The number of benzene rings is 1. The van der Waals surface area contributed by atoms with Crippen LogP contribution >= 0.6 is 11.6 Å². The number of hydrogen-bond donors (Lipinski definition) is 1. The molecule has 0 saturated carbocycles. The predicted molar refractivity (Wildman–Crippen MR) is 58.4 cm³/mol. The molecular weight excluding hydrogens is 182 g/mol. The van der Waals surface area contributed by atoms with E-state index in [-0.39, 0.29) is 0 Å². The first-order valence-corrected chi connectivity index (χ1v) is 5.07. The summed E-state index contributed by atoms with van der Waals surface area (Å²) in [5.41, 5.74) is 2.45. The summed E-state index contributed by atoms with van der Waals surface area (Å²) in [6.45, 7) is 6.18. The number of hydrogen-bond acceptors (Lipinski definition) is 1. The second-order valence-electron chi connectivity index (χ2n) is 3.20. The summed E-state index contributed by atoms with van der Waals surface area (Å²) in [4.78, 5) is 0. The Bertz CT molecular complexity index is 271. The summed E-state index contributed by atoms with van der Waals surface area (Å²) >= 11 is 6.08. The third kappa shape index (κ3) is 3.37. The molecule has 2 heteroatoms. The zero-order chi connectivity index (χ0) is 9.68. The number of halogens is 1. The average Bonchev–Trinajstić information content (AvgIpc) is 2.09. The van der Waals surface area contributed by atoms with Gasteiger partial charge in [-0.2, -0.15) is 0 Å².